The van der Waals surface area contributed by atoms with Crippen LogP contribution in [0.4, 0.5) is 0 Å². The molecule has 0 aromatic heterocycles. The van der Waals surface area contributed by atoms with Gasteiger partial charge in [0, 0.05) is 5.92 Å². The Morgan fingerprint density at radius 3 is 2.36 bits per heavy atom. The predicted molar refractivity (Wildman–Crippen MR) is 47.6 cm³/mol. The lowest BCUT2D eigenvalue weighted by molar-refractivity contribution is 0.567. The quantitative estimate of drug-likeness (QED) is 0.531. The molecule has 1 atom stereocenters. The van der Waals surface area contributed by atoms with Gasteiger partial charge in [-0.15, -0.1) is 0 Å². The Morgan fingerprint density at radius 1 is 1.18 bits per heavy atom. The number of hydrogen-bond acceptors (Lipinski definition) is 0. The molecule has 0 heteroatoms. The molecule has 1 fully saturated rings. The molecule has 0 N–H and O–H groups in total. The van der Waals surface area contributed by atoms with Crippen LogP contribution in [0.5, 0.6) is 0 Å². The van der Waals surface area contributed by atoms with E-state index in [4.69, 9.17) is 0 Å². The molecule has 0 saturated heterocycles. The van der Waals surface area contributed by atoms with E-state index in [2.05, 4.69) is 36.9 Å². The first-order valence-corrected chi connectivity index (χ1v) is 4.10. The number of benzene rings is 1. The molecule has 0 spiro atoms. The van der Waals surface area contributed by atoms with Crippen molar-refractivity contribution in [3.8, 4) is 0 Å². The maximum absolute atomic E-state index is 4.02. The normalized spacial score (nSPS) is 22.9. The summed E-state index contributed by atoms with van der Waals surface area (Å²) in [6.07, 6.45) is 2.52. The minimum Gasteiger partial charge on any atom is -0.0992 e. The van der Waals surface area contributed by atoms with Crippen LogP contribution in [0.15, 0.2) is 42.5 Å². The Labute approximate surface area is 67.6 Å². The second-order valence-electron chi connectivity index (χ2n) is 3.16. The molecule has 1 saturated carbocycles. The van der Waals surface area contributed by atoms with Crippen molar-refractivity contribution in [1.82, 2.24) is 0 Å². The van der Waals surface area contributed by atoms with Crippen molar-refractivity contribution >= 4 is 0 Å². The highest BCUT2D eigenvalue weighted by molar-refractivity contribution is 5.32. The van der Waals surface area contributed by atoms with Crippen LogP contribution in [0, 0.1) is 0 Å². The second kappa shape index (κ2) is 2.54. The van der Waals surface area contributed by atoms with E-state index in [1.807, 2.05) is 0 Å². The molecule has 11 heavy (non-hydrogen) atoms. The maximum Gasteiger partial charge on any atom is 0.00485 e. The van der Waals surface area contributed by atoms with Crippen molar-refractivity contribution in [2.24, 2.45) is 0 Å². The summed E-state index contributed by atoms with van der Waals surface area (Å²) in [5, 5.41) is 0. The standard InChI is InChI=1S/C11H12/c1-9-7-8-11(9)10-5-3-2-4-6-10/h2-6,11H,1,7-8H2/t11-/m0/s1. The van der Waals surface area contributed by atoms with E-state index >= 15 is 0 Å². The van der Waals surface area contributed by atoms with Crippen LogP contribution in [0.1, 0.15) is 24.3 Å². The molecule has 2 rings (SSSR count). The lowest BCUT2D eigenvalue weighted by atomic mass is 9.76. The fourth-order valence-electron chi connectivity index (χ4n) is 1.58. The molecule has 0 bridgehead atoms. The summed E-state index contributed by atoms with van der Waals surface area (Å²) in [6, 6.07) is 10.6. The van der Waals surface area contributed by atoms with Crippen LogP contribution in [0.2, 0.25) is 0 Å². The summed E-state index contributed by atoms with van der Waals surface area (Å²) < 4.78 is 0. The summed E-state index contributed by atoms with van der Waals surface area (Å²) in [7, 11) is 0. The smallest absolute Gasteiger partial charge is 0.00485 e. The lowest BCUT2D eigenvalue weighted by Gasteiger charge is -2.29. The van der Waals surface area contributed by atoms with Crippen molar-refractivity contribution in [2.45, 2.75) is 18.8 Å². The average molecular weight is 144 g/mol. The largest absolute Gasteiger partial charge is 0.0992 e. The number of hydrogen-bond donors (Lipinski definition) is 0. The highest BCUT2D eigenvalue weighted by Crippen LogP contribution is 2.40. The van der Waals surface area contributed by atoms with Gasteiger partial charge in [0.2, 0.25) is 0 Å². The lowest BCUT2D eigenvalue weighted by Crippen LogP contribution is -2.11. The maximum atomic E-state index is 4.02. The van der Waals surface area contributed by atoms with Gasteiger partial charge in [-0.05, 0) is 18.4 Å². The third-order valence-corrected chi connectivity index (χ3v) is 2.45. The molecule has 0 nitrogen and oxygen atoms in total. The van der Waals surface area contributed by atoms with Gasteiger partial charge in [-0.3, -0.25) is 0 Å². The summed E-state index contributed by atoms with van der Waals surface area (Å²) >= 11 is 0. The predicted octanol–water partition coefficient (Wildman–Crippen LogP) is 3.12. The molecule has 0 amide bonds. The Bertz CT molecular complexity index is 259. The molecule has 1 aromatic rings. The fraction of sp³-hybridized carbons (Fsp3) is 0.273. The van der Waals surface area contributed by atoms with Crippen LogP contribution in [-0.4, -0.2) is 0 Å². The van der Waals surface area contributed by atoms with Gasteiger partial charge in [-0.1, -0.05) is 42.5 Å². The van der Waals surface area contributed by atoms with E-state index in [0.717, 1.165) is 0 Å². The molecule has 0 aliphatic heterocycles. The van der Waals surface area contributed by atoms with Crippen LogP contribution < -0.4 is 0 Å². The zero-order chi connectivity index (χ0) is 7.68. The first-order valence-electron chi connectivity index (χ1n) is 4.10. The van der Waals surface area contributed by atoms with Crippen molar-refractivity contribution in [3.05, 3.63) is 48.0 Å². The second-order valence-corrected chi connectivity index (χ2v) is 3.16. The van der Waals surface area contributed by atoms with E-state index in [-0.39, 0.29) is 0 Å². The molecular weight excluding hydrogens is 132 g/mol. The van der Waals surface area contributed by atoms with E-state index in [1.54, 1.807) is 0 Å². The highest BCUT2D eigenvalue weighted by atomic mass is 14.3. The molecular formula is C11H12. The summed E-state index contributed by atoms with van der Waals surface area (Å²) in [5.74, 6) is 0.663. The van der Waals surface area contributed by atoms with Crippen molar-refractivity contribution in [3.63, 3.8) is 0 Å². The number of rotatable bonds is 1. The summed E-state index contributed by atoms with van der Waals surface area (Å²) in [6.45, 7) is 4.02. The third kappa shape index (κ3) is 1.09. The van der Waals surface area contributed by atoms with Gasteiger partial charge in [0.15, 0.2) is 0 Å². The molecule has 1 aliphatic rings. The van der Waals surface area contributed by atoms with Crippen LogP contribution >= 0.6 is 0 Å². The molecule has 0 unspecified atom stereocenters. The Balaban J connectivity index is 2.23. The van der Waals surface area contributed by atoms with E-state index in [9.17, 15) is 0 Å². The zero-order valence-corrected chi connectivity index (χ0v) is 6.59. The minimum atomic E-state index is 0.663. The minimum absolute atomic E-state index is 0.663. The first kappa shape index (κ1) is 6.66. The fourth-order valence-corrected chi connectivity index (χ4v) is 1.58. The van der Waals surface area contributed by atoms with E-state index in [1.165, 1.54) is 24.0 Å². The molecule has 56 valence electrons. The van der Waals surface area contributed by atoms with E-state index in [0.29, 0.717) is 5.92 Å². The Hall–Kier alpha value is -1.04. The average Bonchev–Trinajstić information content (AvgIpc) is 2.04. The van der Waals surface area contributed by atoms with Gasteiger partial charge in [0.05, 0.1) is 0 Å². The SMILES string of the molecule is C=C1CC[C@@H]1c1ccccc1. The monoisotopic (exact) mass is 144 g/mol. The summed E-state index contributed by atoms with van der Waals surface area (Å²) in [4.78, 5) is 0. The van der Waals surface area contributed by atoms with Gasteiger partial charge in [-0.25, -0.2) is 0 Å². The third-order valence-electron chi connectivity index (χ3n) is 2.45. The highest BCUT2D eigenvalue weighted by Gasteiger charge is 2.22. The van der Waals surface area contributed by atoms with Crippen molar-refractivity contribution in [1.29, 1.82) is 0 Å². The zero-order valence-electron chi connectivity index (χ0n) is 6.59. The van der Waals surface area contributed by atoms with Gasteiger partial charge < -0.3 is 0 Å². The van der Waals surface area contributed by atoms with Crippen molar-refractivity contribution < 1.29 is 0 Å². The molecule has 1 aromatic carbocycles. The first-order chi connectivity index (χ1) is 5.38. The Kier molecular flexibility index (Phi) is 1.54. The van der Waals surface area contributed by atoms with Gasteiger partial charge in [0.1, 0.15) is 0 Å². The van der Waals surface area contributed by atoms with Crippen LogP contribution in [0.3, 0.4) is 0 Å². The van der Waals surface area contributed by atoms with Gasteiger partial charge >= 0.3 is 0 Å². The van der Waals surface area contributed by atoms with E-state index < -0.39 is 0 Å². The number of allylic oxidation sites excluding steroid dienone is 1. The van der Waals surface area contributed by atoms with Crippen LogP contribution in [-0.2, 0) is 0 Å². The van der Waals surface area contributed by atoms with Gasteiger partial charge in [-0.2, -0.15) is 0 Å². The summed E-state index contributed by atoms with van der Waals surface area (Å²) in [5.41, 5.74) is 2.83. The van der Waals surface area contributed by atoms with Crippen molar-refractivity contribution in [2.75, 3.05) is 0 Å². The van der Waals surface area contributed by atoms with Gasteiger partial charge in [0.25, 0.3) is 0 Å². The molecule has 0 heterocycles. The Morgan fingerprint density at radius 2 is 1.91 bits per heavy atom. The van der Waals surface area contributed by atoms with Crippen LogP contribution in [0.25, 0.3) is 0 Å². The molecule has 1 aliphatic carbocycles. The topological polar surface area (TPSA) is 0 Å². The molecule has 0 radical (unpaired) electrons.